The molecule has 1 aromatic carbocycles. The van der Waals surface area contributed by atoms with Gasteiger partial charge in [0, 0.05) is 6.07 Å². The summed E-state index contributed by atoms with van der Waals surface area (Å²) in [6, 6.07) is 5.89. The maximum atomic E-state index is 12.7. The first-order valence-electron chi connectivity index (χ1n) is 4.12. The van der Waals surface area contributed by atoms with Gasteiger partial charge in [-0.05, 0) is 12.1 Å². The first-order valence-corrected chi connectivity index (χ1v) is 4.12. The molecule has 0 fully saturated rings. The molecule has 0 aliphatic carbocycles. The van der Waals surface area contributed by atoms with Crippen molar-refractivity contribution in [1.29, 1.82) is 0 Å². The van der Waals surface area contributed by atoms with E-state index in [0.29, 0.717) is 18.9 Å². The Bertz CT molecular complexity index is 324. The molecule has 0 amide bonds. The van der Waals surface area contributed by atoms with Crippen LogP contribution in [0.15, 0.2) is 29.3 Å². The Labute approximate surface area is 81.4 Å². The topological polar surface area (TPSA) is 73.6 Å². The molecule has 5 heteroatoms. The van der Waals surface area contributed by atoms with E-state index in [1.165, 1.54) is 12.1 Å². The van der Waals surface area contributed by atoms with Gasteiger partial charge in [0.25, 0.3) is 0 Å². The number of halogens is 1. The number of hydrogen-bond acceptors (Lipinski definition) is 2. The Kier molecular flexibility index (Phi) is 3.72. The van der Waals surface area contributed by atoms with Crippen molar-refractivity contribution in [2.45, 2.75) is 0 Å². The molecule has 0 saturated carbocycles. The van der Waals surface area contributed by atoms with Crippen molar-refractivity contribution in [2.75, 3.05) is 13.2 Å². The molecule has 0 aliphatic rings. The predicted molar refractivity (Wildman–Crippen MR) is 52.6 cm³/mol. The van der Waals surface area contributed by atoms with Gasteiger partial charge >= 0.3 is 0 Å². The minimum absolute atomic E-state index is 0.0212. The molecule has 0 unspecified atom stereocenters. The molecule has 0 radical (unpaired) electrons. The number of nitrogens with zero attached hydrogens (tertiary/aromatic N) is 1. The van der Waals surface area contributed by atoms with Crippen LogP contribution in [0.2, 0.25) is 0 Å². The van der Waals surface area contributed by atoms with Crippen LogP contribution in [0.1, 0.15) is 0 Å². The van der Waals surface area contributed by atoms with Crippen LogP contribution in [0.25, 0.3) is 0 Å². The zero-order valence-electron chi connectivity index (χ0n) is 7.61. The van der Waals surface area contributed by atoms with Crippen molar-refractivity contribution < 1.29 is 9.13 Å². The SMILES string of the molecule is NC(N)=NCCOc1cccc(F)c1. The first kappa shape index (κ1) is 10.3. The second kappa shape index (κ2) is 5.06. The molecule has 0 bridgehead atoms. The van der Waals surface area contributed by atoms with Gasteiger partial charge in [-0.15, -0.1) is 0 Å². The maximum Gasteiger partial charge on any atom is 0.186 e. The fourth-order valence-corrected chi connectivity index (χ4v) is 0.895. The summed E-state index contributed by atoms with van der Waals surface area (Å²) in [5.41, 5.74) is 10.2. The van der Waals surface area contributed by atoms with Crippen molar-refractivity contribution >= 4 is 5.96 Å². The van der Waals surface area contributed by atoms with E-state index < -0.39 is 0 Å². The van der Waals surface area contributed by atoms with Crippen LogP contribution < -0.4 is 16.2 Å². The molecule has 14 heavy (non-hydrogen) atoms. The maximum absolute atomic E-state index is 12.7. The molecule has 0 atom stereocenters. The number of rotatable bonds is 4. The molecule has 0 aromatic heterocycles. The van der Waals surface area contributed by atoms with E-state index in [4.69, 9.17) is 16.2 Å². The molecule has 0 saturated heterocycles. The lowest BCUT2D eigenvalue weighted by Gasteiger charge is -2.03. The van der Waals surface area contributed by atoms with Crippen molar-refractivity contribution in [3.8, 4) is 5.75 Å². The van der Waals surface area contributed by atoms with E-state index in [1.54, 1.807) is 12.1 Å². The largest absolute Gasteiger partial charge is 0.492 e. The quantitative estimate of drug-likeness (QED) is 0.419. The zero-order chi connectivity index (χ0) is 10.4. The van der Waals surface area contributed by atoms with Crippen LogP contribution in [-0.2, 0) is 0 Å². The fraction of sp³-hybridized carbons (Fsp3) is 0.222. The van der Waals surface area contributed by atoms with E-state index >= 15 is 0 Å². The lowest BCUT2D eigenvalue weighted by molar-refractivity contribution is 0.327. The normalized spacial score (nSPS) is 9.50. The minimum Gasteiger partial charge on any atom is -0.492 e. The molecule has 76 valence electrons. The van der Waals surface area contributed by atoms with Gasteiger partial charge in [0.1, 0.15) is 18.2 Å². The van der Waals surface area contributed by atoms with Gasteiger partial charge in [-0.25, -0.2) is 4.39 Å². The van der Waals surface area contributed by atoms with Crippen molar-refractivity contribution in [3.63, 3.8) is 0 Å². The number of aliphatic imine (C=N–C) groups is 1. The van der Waals surface area contributed by atoms with Gasteiger partial charge in [0.05, 0.1) is 6.54 Å². The van der Waals surface area contributed by atoms with Gasteiger partial charge in [-0.3, -0.25) is 4.99 Å². The van der Waals surface area contributed by atoms with E-state index in [9.17, 15) is 4.39 Å². The molecule has 4 nitrogen and oxygen atoms in total. The molecule has 4 N–H and O–H groups in total. The highest BCUT2D eigenvalue weighted by Crippen LogP contribution is 2.11. The summed E-state index contributed by atoms with van der Waals surface area (Å²) in [4.78, 5) is 3.72. The van der Waals surface area contributed by atoms with Crippen molar-refractivity contribution in [3.05, 3.63) is 30.1 Å². The first-order chi connectivity index (χ1) is 6.68. The van der Waals surface area contributed by atoms with Crippen LogP contribution in [-0.4, -0.2) is 19.1 Å². The smallest absolute Gasteiger partial charge is 0.186 e. The second-order valence-electron chi connectivity index (χ2n) is 2.61. The molecular weight excluding hydrogens is 185 g/mol. The van der Waals surface area contributed by atoms with Crippen molar-refractivity contribution in [2.24, 2.45) is 16.5 Å². The standard InChI is InChI=1S/C9H12FN3O/c10-7-2-1-3-8(6-7)14-5-4-13-9(11)12/h1-3,6H,4-5H2,(H4,11,12,13). The molecule has 0 aliphatic heterocycles. The lowest BCUT2D eigenvalue weighted by Crippen LogP contribution is -2.23. The Morgan fingerprint density at radius 1 is 1.43 bits per heavy atom. The van der Waals surface area contributed by atoms with E-state index in [-0.39, 0.29) is 11.8 Å². The predicted octanol–water partition coefficient (Wildman–Crippen LogP) is 0.478. The Hall–Kier alpha value is -1.78. The van der Waals surface area contributed by atoms with Crippen LogP contribution >= 0.6 is 0 Å². The highest BCUT2D eigenvalue weighted by molar-refractivity contribution is 5.75. The average molecular weight is 197 g/mol. The molecule has 0 spiro atoms. The van der Waals surface area contributed by atoms with E-state index in [0.717, 1.165) is 0 Å². The fourth-order valence-electron chi connectivity index (χ4n) is 0.895. The number of ether oxygens (including phenoxy) is 1. The van der Waals surface area contributed by atoms with Crippen LogP contribution in [0.5, 0.6) is 5.75 Å². The summed E-state index contributed by atoms with van der Waals surface area (Å²) in [5, 5.41) is 0. The Balaban J connectivity index is 2.35. The summed E-state index contributed by atoms with van der Waals surface area (Å²) >= 11 is 0. The second-order valence-corrected chi connectivity index (χ2v) is 2.61. The third kappa shape index (κ3) is 3.75. The highest BCUT2D eigenvalue weighted by atomic mass is 19.1. The Morgan fingerprint density at radius 2 is 2.21 bits per heavy atom. The van der Waals surface area contributed by atoms with E-state index in [2.05, 4.69) is 4.99 Å². The van der Waals surface area contributed by atoms with Gasteiger partial charge in [-0.1, -0.05) is 6.07 Å². The number of guanidine groups is 1. The average Bonchev–Trinajstić information content (AvgIpc) is 2.12. The molecule has 0 heterocycles. The summed E-state index contributed by atoms with van der Waals surface area (Å²) in [6.07, 6.45) is 0. The Morgan fingerprint density at radius 3 is 2.86 bits per heavy atom. The molecule has 1 aromatic rings. The summed E-state index contributed by atoms with van der Waals surface area (Å²) < 4.78 is 17.8. The van der Waals surface area contributed by atoms with Gasteiger partial charge in [0.15, 0.2) is 5.96 Å². The number of hydrogen-bond donors (Lipinski definition) is 2. The van der Waals surface area contributed by atoms with Crippen LogP contribution in [0.3, 0.4) is 0 Å². The monoisotopic (exact) mass is 197 g/mol. The van der Waals surface area contributed by atoms with Crippen LogP contribution in [0.4, 0.5) is 4.39 Å². The van der Waals surface area contributed by atoms with Gasteiger partial charge in [-0.2, -0.15) is 0 Å². The van der Waals surface area contributed by atoms with E-state index in [1.807, 2.05) is 0 Å². The third-order valence-electron chi connectivity index (χ3n) is 1.45. The molecule has 1 rings (SSSR count). The molecular formula is C9H12FN3O. The third-order valence-corrected chi connectivity index (χ3v) is 1.45. The lowest BCUT2D eigenvalue weighted by atomic mass is 10.3. The zero-order valence-corrected chi connectivity index (χ0v) is 7.61. The van der Waals surface area contributed by atoms with Gasteiger partial charge < -0.3 is 16.2 Å². The number of nitrogens with two attached hydrogens (primary N) is 2. The summed E-state index contributed by atoms with van der Waals surface area (Å²) in [6.45, 7) is 0.681. The number of benzene rings is 1. The summed E-state index contributed by atoms with van der Waals surface area (Å²) in [7, 11) is 0. The highest BCUT2D eigenvalue weighted by Gasteiger charge is 1.94. The van der Waals surface area contributed by atoms with Crippen LogP contribution in [0, 0.1) is 5.82 Å². The minimum atomic E-state index is -0.329. The van der Waals surface area contributed by atoms with Gasteiger partial charge in [0.2, 0.25) is 0 Å². The van der Waals surface area contributed by atoms with Crippen molar-refractivity contribution in [1.82, 2.24) is 0 Å². The summed E-state index contributed by atoms with van der Waals surface area (Å²) in [5.74, 6) is 0.160.